The predicted molar refractivity (Wildman–Crippen MR) is 94.5 cm³/mol. The van der Waals surface area contributed by atoms with Crippen LogP contribution in [0.15, 0.2) is 12.7 Å². The molecule has 0 aliphatic carbocycles. The molecule has 4 atom stereocenters. The Morgan fingerprint density at radius 1 is 0.846 bits per heavy atom. The zero-order valence-electron chi connectivity index (χ0n) is 15.4. The highest BCUT2D eigenvalue weighted by molar-refractivity contribution is 5.41. The van der Waals surface area contributed by atoms with Gasteiger partial charge >= 0.3 is 0 Å². The maximum absolute atomic E-state index is 9.72. The standard InChI is InChI=1S/C16H24N8O2/c1-9-5-23(15-19-7-17-13(21-15)11(3)25)6-10(2)24(9)16-20-8-18-14(22-16)12(4)26/h7-12,25-26H,5-6H2,1-4H3. The van der Waals surface area contributed by atoms with E-state index in [4.69, 9.17) is 0 Å². The molecule has 140 valence electrons. The molecule has 1 aliphatic heterocycles. The molecule has 4 unspecified atom stereocenters. The third-order valence-electron chi connectivity index (χ3n) is 4.34. The van der Waals surface area contributed by atoms with E-state index < -0.39 is 12.2 Å². The molecule has 1 saturated heterocycles. The number of hydrogen-bond donors (Lipinski definition) is 2. The number of hydrogen-bond acceptors (Lipinski definition) is 10. The van der Waals surface area contributed by atoms with Gasteiger partial charge in [-0.3, -0.25) is 0 Å². The topological polar surface area (TPSA) is 124 Å². The molecule has 2 aromatic heterocycles. The Morgan fingerprint density at radius 3 is 1.81 bits per heavy atom. The summed E-state index contributed by atoms with van der Waals surface area (Å²) in [6.45, 7) is 8.75. The molecule has 0 saturated carbocycles. The average molecular weight is 360 g/mol. The van der Waals surface area contributed by atoms with Crippen molar-refractivity contribution in [3.05, 3.63) is 24.3 Å². The van der Waals surface area contributed by atoms with E-state index in [0.29, 0.717) is 36.6 Å². The minimum atomic E-state index is -0.743. The highest BCUT2D eigenvalue weighted by atomic mass is 16.3. The first-order chi connectivity index (χ1) is 12.4. The van der Waals surface area contributed by atoms with Crippen LogP contribution in [0.2, 0.25) is 0 Å². The lowest BCUT2D eigenvalue weighted by Gasteiger charge is -2.44. The number of aliphatic hydroxyl groups excluding tert-OH is 2. The molecular formula is C16H24N8O2. The fraction of sp³-hybridized carbons (Fsp3) is 0.625. The number of aliphatic hydroxyl groups is 2. The van der Waals surface area contributed by atoms with Crippen LogP contribution in [0, 0.1) is 0 Å². The molecule has 2 N–H and O–H groups in total. The summed E-state index contributed by atoms with van der Waals surface area (Å²) >= 11 is 0. The summed E-state index contributed by atoms with van der Waals surface area (Å²) in [7, 11) is 0. The summed E-state index contributed by atoms with van der Waals surface area (Å²) in [6, 6.07) is 0.185. The molecule has 0 spiro atoms. The first kappa shape index (κ1) is 18.3. The Hall–Kier alpha value is -2.46. The minimum Gasteiger partial charge on any atom is -0.385 e. The smallest absolute Gasteiger partial charge is 0.229 e. The van der Waals surface area contributed by atoms with Crippen molar-refractivity contribution >= 4 is 11.9 Å². The third kappa shape index (κ3) is 3.70. The first-order valence-electron chi connectivity index (χ1n) is 8.64. The van der Waals surface area contributed by atoms with Crippen LogP contribution in [0.3, 0.4) is 0 Å². The van der Waals surface area contributed by atoms with E-state index >= 15 is 0 Å². The van der Waals surface area contributed by atoms with Gasteiger partial charge in [-0.2, -0.15) is 9.97 Å². The molecule has 3 rings (SSSR count). The van der Waals surface area contributed by atoms with Crippen LogP contribution in [0.5, 0.6) is 0 Å². The van der Waals surface area contributed by atoms with Gasteiger partial charge in [-0.05, 0) is 27.7 Å². The van der Waals surface area contributed by atoms with E-state index in [1.54, 1.807) is 13.8 Å². The number of anilines is 2. The molecule has 1 fully saturated rings. The van der Waals surface area contributed by atoms with E-state index in [-0.39, 0.29) is 12.1 Å². The van der Waals surface area contributed by atoms with Crippen molar-refractivity contribution in [3.8, 4) is 0 Å². The van der Waals surface area contributed by atoms with Gasteiger partial charge < -0.3 is 20.0 Å². The van der Waals surface area contributed by atoms with Crippen LogP contribution in [-0.4, -0.2) is 65.3 Å². The number of rotatable bonds is 4. The van der Waals surface area contributed by atoms with Gasteiger partial charge in [-0.25, -0.2) is 19.9 Å². The zero-order valence-corrected chi connectivity index (χ0v) is 15.4. The van der Waals surface area contributed by atoms with Gasteiger partial charge in [0.05, 0.1) is 0 Å². The first-order valence-corrected chi connectivity index (χ1v) is 8.64. The molecule has 1 aliphatic rings. The summed E-state index contributed by atoms with van der Waals surface area (Å²) in [5, 5.41) is 19.4. The van der Waals surface area contributed by atoms with Crippen molar-refractivity contribution in [2.24, 2.45) is 0 Å². The van der Waals surface area contributed by atoms with E-state index in [9.17, 15) is 10.2 Å². The number of nitrogens with zero attached hydrogens (tertiary/aromatic N) is 8. The van der Waals surface area contributed by atoms with Crippen LogP contribution in [0.1, 0.15) is 51.6 Å². The summed E-state index contributed by atoms with van der Waals surface area (Å²) in [4.78, 5) is 29.5. The summed E-state index contributed by atoms with van der Waals surface area (Å²) in [6.07, 6.45) is 1.37. The normalized spacial score (nSPS) is 23.0. The second kappa shape index (κ2) is 7.42. The molecule has 0 radical (unpaired) electrons. The quantitative estimate of drug-likeness (QED) is 0.784. The maximum atomic E-state index is 9.72. The molecule has 26 heavy (non-hydrogen) atoms. The Balaban J connectivity index is 1.81. The second-order valence-corrected chi connectivity index (χ2v) is 6.65. The highest BCUT2D eigenvalue weighted by Gasteiger charge is 2.33. The van der Waals surface area contributed by atoms with Crippen molar-refractivity contribution in [1.29, 1.82) is 0 Å². The molecular weight excluding hydrogens is 336 g/mol. The highest BCUT2D eigenvalue weighted by Crippen LogP contribution is 2.24. The third-order valence-corrected chi connectivity index (χ3v) is 4.34. The Bertz CT molecular complexity index is 745. The SMILES string of the molecule is CC(O)c1ncnc(N2CC(C)N(c3ncnc(C(C)O)n3)C(C)C2)n1. The van der Waals surface area contributed by atoms with Crippen LogP contribution >= 0.6 is 0 Å². The Kier molecular flexibility index (Phi) is 5.23. The van der Waals surface area contributed by atoms with Crippen molar-refractivity contribution < 1.29 is 10.2 Å². The van der Waals surface area contributed by atoms with Crippen molar-refractivity contribution in [2.75, 3.05) is 22.9 Å². The van der Waals surface area contributed by atoms with Crippen LogP contribution in [0.25, 0.3) is 0 Å². The lowest BCUT2D eigenvalue weighted by Crippen LogP contribution is -2.58. The average Bonchev–Trinajstić information content (AvgIpc) is 2.61. The monoisotopic (exact) mass is 360 g/mol. The molecule has 0 bridgehead atoms. The molecule has 0 amide bonds. The molecule has 0 aromatic carbocycles. The van der Waals surface area contributed by atoms with E-state index in [1.807, 2.05) is 0 Å². The molecule has 10 nitrogen and oxygen atoms in total. The van der Waals surface area contributed by atoms with Gasteiger partial charge in [0.1, 0.15) is 24.9 Å². The number of aromatic nitrogens is 6. The molecule has 2 aromatic rings. The molecule has 3 heterocycles. The maximum Gasteiger partial charge on any atom is 0.229 e. The fourth-order valence-corrected chi connectivity index (χ4v) is 3.16. The van der Waals surface area contributed by atoms with Crippen LogP contribution < -0.4 is 9.80 Å². The van der Waals surface area contributed by atoms with E-state index in [1.165, 1.54) is 12.7 Å². The fourth-order valence-electron chi connectivity index (χ4n) is 3.16. The lowest BCUT2D eigenvalue weighted by atomic mass is 10.1. The van der Waals surface area contributed by atoms with Crippen molar-refractivity contribution in [1.82, 2.24) is 29.9 Å². The van der Waals surface area contributed by atoms with Gasteiger partial charge in [0.25, 0.3) is 0 Å². The van der Waals surface area contributed by atoms with Crippen molar-refractivity contribution in [2.45, 2.75) is 52.0 Å². The Labute approximate surface area is 152 Å². The van der Waals surface area contributed by atoms with Gasteiger partial charge in [0.2, 0.25) is 11.9 Å². The summed E-state index contributed by atoms with van der Waals surface area (Å²) in [5.41, 5.74) is 0. The minimum absolute atomic E-state index is 0.0924. The lowest BCUT2D eigenvalue weighted by molar-refractivity contribution is 0.188. The molecule has 10 heteroatoms. The Morgan fingerprint density at radius 2 is 1.31 bits per heavy atom. The predicted octanol–water partition coefficient (Wildman–Crippen LogP) is 0.267. The van der Waals surface area contributed by atoms with Gasteiger partial charge in [-0.15, -0.1) is 0 Å². The van der Waals surface area contributed by atoms with E-state index in [2.05, 4.69) is 53.6 Å². The van der Waals surface area contributed by atoms with Gasteiger partial charge in [0, 0.05) is 25.2 Å². The zero-order chi connectivity index (χ0) is 18.8. The van der Waals surface area contributed by atoms with Crippen molar-refractivity contribution in [3.63, 3.8) is 0 Å². The van der Waals surface area contributed by atoms with Gasteiger partial charge in [0.15, 0.2) is 11.6 Å². The second-order valence-electron chi connectivity index (χ2n) is 6.65. The summed E-state index contributed by atoms with van der Waals surface area (Å²) < 4.78 is 0. The van der Waals surface area contributed by atoms with E-state index in [0.717, 1.165) is 0 Å². The number of piperazine rings is 1. The van der Waals surface area contributed by atoms with Gasteiger partial charge in [-0.1, -0.05) is 0 Å². The largest absolute Gasteiger partial charge is 0.385 e. The summed E-state index contributed by atoms with van der Waals surface area (Å²) in [5.74, 6) is 1.82. The van der Waals surface area contributed by atoms with Crippen LogP contribution in [0.4, 0.5) is 11.9 Å². The van der Waals surface area contributed by atoms with Crippen LogP contribution in [-0.2, 0) is 0 Å².